The molecule has 0 bridgehead atoms. The molecule has 0 spiro atoms. The number of hydrazine groups is 1. The van der Waals surface area contributed by atoms with Crippen molar-refractivity contribution in [2.75, 3.05) is 17.7 Å². The van der Waals surface area contributed by atoms with Crippen LogP contribution in [0.25, 0.3) is 0 Å². The highest BCUT2D eigenvalue weighted by Gasteiger charge is 2.17. The molecule has 3 amide bonds. The van der Waals surface area contributed by atoms with Gasteiger partial charge in [0.05, 0.1) is 11.0 Å². The van der Waals surface area contributed by atoms with Crippen molar-refractivity contribution in [1.29, 1.82) is 0 Å². The van der Waals surface area contributed by atoms with E-state index < -0.39 is 17.1 Å². The molecule has 9 nitrogen and oxygen atoms in total. The first-order valence-electron chi connectivity index (χ1n) is 8.88. The second kappa shape index (κ2) is 10.5. The average Bonchev–Trinajstić information content (AvgIpc) is 3.08. The Labute approximate surface area is 172 Å². The molecule has 1 aromatic heterocycles. The topological polar surface area (TPSA) is 123 Å². The monoisotopic (exact) mass is 420 g/mol. The Morgan fingerprint density at radius 3 is 2.41 bits per heavy atom. The fourth-order valence-electron chi connectivity index (χ4n) is 2.31. The lowest BCUT2D eigenvalue weighted by Crippen LogP contribution is -2.45. The van der Waals surface area contributed by atoms with E-state index in [0.29, 0.717) is 17.3 Å². The van der Waals surface area contributed by atoms with Crippen LogP contribution in [0.15, 0.2) is 28.8 Å². The van der Waals surface area contributed by atoms with Gasteiger partial charge in [-0.15, -0.1) is 11.8 Å². The van der Waals surface area contributed by atoms with Crippen LogP contribution in [0.4, 0.5) is 5.82 Å². The summed E-state index contributed by atoms with van der Waals surface area (Å²) in [5.41, 5.74) is 6.43. The smallest absolute Gasteiger partial charge is 0.276 e. The Bertz CT molecular complexity index is 863. The van der Waals surface area contributed by atoms with Crippen molar-refractivity contribution in [3.63, 3.8) is 0 Å². The van der Waals surface area contributed by atoms with Crippen molar-refractivity contribution < 1.29 is 23.6 Å². The van der Waals surface area contributed by atoms with Gasteiger partial charge in [-0.3, -0.25) is 25.2 Å². The molecule has 29 heavy (non-hydrogen) atoms. The number of nitrogens with one attached hydrogen (secondary N) is 3. The molecule has 10 heteroatoms. The third-order valence-electron chi connectivity index (χ3n) is 3.81. The van der Waals surface area contributed by atoms with Gasteiger partial charge in [0, 0.05) is 6.07 Å². The number of rotatable bonds is 8. The predicted octanol–water partition coefficient (Wildman–Crippen LogP) is 1.89. The van der Waals surface area contributed by atoms with Crippen LogP contribution in [0.2, 0.25) is 0 Å². The standard InChI is InChI=1S/C19H24N4O5S/c1-11-6-5-7-12(2)18(11)27-9-16(24)21-22-17(25)10-29-14(4)19(26)20-15-8-13(3)28-23-15/h5-8,14H,9-10H2,1-4H3,(H,21,24)(H,22,25)(H,20,23,26)/t14-/m0/s1. The first kappa shape index (κ1) is 22.3. The number of thioether (sulfide) groups is 1. The van der Waals surface area contributed by atoms with Gasteiger partial charge < -0.3 is 14.6 Å². The molecule has 1 aromatic carbocycles. The zero-order valence-corrected chi connectivity index (χ0v) is 17.5. The molecule has 2 rings (SSSR count). The molecular weight excluding hydrogens is 396 g/mol. The molecule has 1 atom stereocenters. The number of hydrogen-bond acceptors (Lipinski definition) is 7. The molecule has 0 aliphatic carbocycles. The Morgan fingerprint density at radius 1 is 1.14 bits per heavy atom. The van der Waals surface area contributed by atoms with Crippen LogP contribution in [0, 0.1) is 20.8 Å². The number of para-hydroxylation sites is 1. The van der Waals surface area contributed by atoms with Crippen molar-refractivity contribution >= 4 is 35.3 Å². The van der Waals surface area contributed by atoms with Crippen molar-refractivity contribution in [2.24, 2.45) is 0 Å². The Hall–Kier alpha value is -3.01. The van der Waals surface area contributed by atoms with Gasteiger partial charge >= 0.3 is 0 Å². The van der Waals surface area contributed by atoms with E-state index in [4.69, 9.17) is 9.26 Å². The van der Waals surface area contributed by atoms with E-state index in [1.54, 1.807) is 19.9 Å². The highest BCUT2D eigenvalue weighted by molar-refractivity contribution is 8.01. The third kappa shape index (κ3) is 7.15. The summed E-state index contributed by atoms with van der Waals surface area (Å²) in [4.78, 5) is 35.8. The summed E-state index contributed by atoms with van der Waals surface area (Å²) in [6, 6.07) is 7.28. The molecule has 2 aromatic rings. The molecule has 0 aliphatic heterocycles. The quantitative estimate of drug-likeness (QED) is 0.557. The highest BCUT2D eigenvalue weighted by atomic mass is 32.2. The van der Waals surface area contributed by atoms with Crippen LogP contribution in [-0.2, 0) is 14.4 Å². The number of benzene rings is 1. The Balaban J connectivity index is 1.67. The molecule has 0 saturated heterocycles. The Kier molecular flexibility index (Phi) is 8.08. The summed E-state index contributed by atoms with van der Waals surface area (Å²) in [5.74, 6) is 0.307. The van der Waals surface area contributed by atoms with Gasteiger partial charge in [0.15, 0.2) is 12.4 Å². The van der Waals surface area contributed by atoms with E-state index in [2.05, 4.69) is 21.3 Å². The number of aromatic nitrogens is 1. The van der Waals surface area contributed by atoms with Crippen LogP contribution in [0.1, 0.15) is 23.8 Å². The SMILES string of the molecule is Cc1cc(NC(=O)[C@H](C)SCC(=O)NNC(=O)COc2c(C)cccc2C)no1. The lowest BCUT2D eigenvalue weighted by atomic mass is 10.1. The summed E-state index contributed by atoms with van der Waals surface area (Å²) in [5, 5.41) is 5.77. The largest absolute Gasteiger partial charge is 0.483 e. The summed E-state index contributed by atoms with van der Waals surface area (Å²) in [6.07, 6.45) is 0. The van der Waals surface area contributed by atoms with Crippen molar-refractivity contribution in [2.45, 2.75) is 32.9 Å². The molecule has 156 valence electrons. The summed E-state index contributed by atoms with van der Waals surface area (Å²) in [7, 11) is 0. The molecule has 3 N–H and O–H groups in total. The van der Waals surface area contributed by atoms with Crippen LogP contribution >= 0.6 is 11.8 Å². The molecular formula is C19H24N4O5S. The van der Waals surface area contributed by atoms with E-state index in [1.807, 2.05) is 32.0 Å². The zero-order valence-electron chi connectivity index (χ0n) is 16.7. The molecule has 0 unspecified atom stereocenters. The maximum atomic E-state index is 12.0. The molecule has 0 saturated carbocycles. The van der Waals surface area contributed by atoms with E-state index in [0.717, 1.165) is 22.9 Å². The fraction of sp³-hybridized carbons (Fsp3) is 0.368. The number of aryl methyl sites for hydroxylation is 3. The number of ether oxygens (including phenoxy) is 1. The van der Waals surface area contributed by atoms with Gasteiger partial charge in [-0.2, -0.15) is 0 Å². The van der Waals surface area contributed by atoms with Gasteiger partial charge in [-0.25, -0.2) is 0 Å². The van der Waals surface area contributed by atoms with Crippen molar-refractivity contribution in [3.8, 4) is 5.75 Å². The number of nitrogens with zero attached hydrogens (tertiary/aromatic N) is 1. The van der Waals surface area contributed by atoms with Gasteiger partial charge in [0.2, 0.25) is 11.8 Å². The van der Waals surface area contributed by atoms with Gasteiger partial charge in [-0.05, 0) is 38.8 Å². The second-order valence-electron chi connectivity index (χ2n) is 6.37. The first-order valence-corrected chi connectivity index (χ1v) is 9.93. The summed E-state index contributed by atoms with van der Waals surface area (Å²) >= 11 is 1.12. The molecule has 0 radical (unpaired) electrons. The van der Waals surface area contributed by atoms with E-state index >= 15 is 0 Å². The van der Waals surface area contributed by atoms with Crippen molar-refractivity contribution in [1.82, 2.24) is 16.0 Å². The number of carbonyl (C=O) groups is 3. The lowest BCUT2D eigenvalue weighted by Gasteiger charge is -2.13. The molecule has 0 aliphatic rings. The number of anilines is 1. The zero-order chi connectivity index (χ0) is 21.4. The summed E-state index contributed by atoms with van der Waals surface area (Å²) in [6.45, 7) is 6.93. The van der Waals surface area contributed by atoms with Crippen LogP contribution < -0.4 is 20.9 Å². The van der Waals surface area contributed by atoms with E-state index in [9.17, 15) is 14.4 Å². The number of carbonyl (C=O) groups excluding carboxylic acids is 3. The molecule has 0 fully saturated rings. The molecule has 1 heterocycles. The first-order chi connectivity index (χ1) is 13.8. The normalized spacial score (nSPS) is 11.4. The average molecular weight is 420 g/mol. The maximum absolute atomic E-state index is 12.0. The second-order valence-corrected chi connectivity index (χ2v) is 7.70. The maximum Gasteiger partial charge on any atom is 0.276 e. The fourth-order valence-corrected chi connectivity index (χ4v) is 2.99. The lowest BCUT2D eigenvalue weighted by molar-refractivity contribution is -0.128. The van der Waals surface area contributed by atoms with Crippen LogP contribution in [0.3, 0.4) is 0 Å². The minimum atomic E-state index is -0.499. The Morgan fingerprint density at radius 2 is 1.79 bits per heavy atom. The van der Waals surface area contributed by atoms with E-state index in [1.165, 1.54) is 0 Å². The summed E-state index contributed by atoms with van der Waals surface area (Å²) < 4.78 is 10.4. The van der Waals surface area contributed by atoms with E-state index in [-0.39, 0.29) is 18.3 Å². The minimum Gasteiger partial charge on any atom is -0.483 e. The van der Waals surface area contributed by atoms with Crippen LogP contribution in [-0.4, -0.2) is 40.5 Å². The van der Waals surface area contributed by atoms with Gasteiger partial charge in [0.1, 0.15) is 11.5 Å². The predicted molar refractivity (Wildman–Crippen MR) is 109 cm³/mol. The highest BCUT2D eigenvalue weighted by Crippen LogP contribution is 2.22. The number of amides is 3. The van der Waals surface area contributed by atoms with Crippen LogP contribution in [0.5, 0.6) is 5.75 Å². The number of hydrogen-bond donors (Lipinski definition) is 3. The third-order valence-corrected chi connectivity index (χ3v) is 4.95. The van der Waals surface area contributed by atoms with Crippen molar-refractivity contribution in [3.05, 3.63) is 41.2 Å². The van der Waals surface area contributed by atoms with Gasteiger partial charge in [0.25, 0.3) is 5.91 Å². The minimum absolute atomic E-state index is 0.00946. The van der Waals surface area contributed by atoms with Gasteiger partial charge in [-0.1, -0.05) is 23.4 Å².